The van der Waals surface area contributed by atoms with Crippen molar-refractivity contribution in [3.05, 3.63) is 11.9 Å². The molecule has 1 fully saturated rings. The average molecular weight is 235 g/mol. The number of aromatic nitrogens is 2. The van der Waals surface area contributed by atoms with Gasteiger partial charge in [-0.3, -0.25) is 0 Å². The van der Waals surface area contributed by atoms with Gasteiger partial charge in [-0.1, -0.05) is 26.2 Å². The number of hydrogen-bond acceptors (Lipinski definition) is 2. The van der Waals surface area contributed by atoms with Gasteiger partial charge in [-0.05, 0) is 32.6 Å². The number of rotatable bonds is 4. The zero-order valence-corrected chi connectivity index (χ0v) is 11.4. The van der Waals surface area contributed by atoms with Crippen LogP contribution in [0.1, 0.15) is 57.7 Å². The molecule has 0 aromatic carbocycles. The molecule has 1 aliphatic carbocycles. The van der Waals surface area contributed by atoms with E-state index < -0.39 is 0 Å². The molecule has 2 rings (SSSR count). The van der Waals surface area contributed by atoms with Gasteiger partial charge in [0.25, 0.3) is 0 Å². The van der Waals surface area contributed by atoms with Gasteiger partial charge in [0.1, 0.15) is 0 Å². The molecule has 0 aliphatic heterocycles. The van der Waals surface area contributed by atoms with E-state index in [-0.39, 0.29) is 0 Å². The number of hydrogen-bond donors (Lipinski definition) is 1. The van der Waals surface area contributed by atoms with Gasteiger partial charge < -0.3 is 9.88 Å². The van der Waals surface area contributed by atoms with Crippen LogP contribution in [0.4, 0.5) is 5.95 Å². The lowest BCUT2D eigenvalue weighted by molar-refractivity contribution is 0.263. The van der Waals surface area contributed by atoms with E-state index in [1.54, 1.807) is 0 Å². The summed E-state index contributed by atoms with van der Waals surface area (Å²) < 4.78 is 2.38. The third-order valence-electron chi connectivity index (χ3n) is 3.91. The molecule has 0 saturated heterocycles. The highest BCUT2D eigenvalue weighted by atomic mass is 15.2. The molecule has 1 saturated carbocycles. The number of nitrogens with one attached hydrogen (secondary N) is 1. The van der Waals surface area contributed by atoms with Gasteiger partial charge in [0.2, 0.25) is 5.95 Å². The van der Waals surface area contributed by atoms with E-state index in [4.69, 9.17) is 0 Å². The molecular weight excluding hydrogens is 210 g/mol. The molecule has 1 aromatic rings. The standard InChI is InChI=1S/C14H25N3/c1-4-12-7-6-8-13(9-12)17-10-11(3)16-14(17)15-5-2/h10,12-13H,4-9H2,1-3H3,(H,15,16). The molecule has 1 aromatic heterocycles. The highest BCUT2D eigenvalue weighted by molar-refractivity contribution is 5.29. The predicted octanol–water partition coefficient (Wildman–Crippen LogP) is 3.76. The molecule has 3 nitrogen and oxygen atoms in total. The predicted molar refractivity (Wildman–Crippen MR) is 72.4 cm³/mol. The molecule has 96 valence electrons. The first kappa shape index (κ1) is 12.5. The van der Waals surface area contributed by atoms with Crippen molar-refractivity contribution >= 4 is 5.95 Å². The van der Waals surface area contributed by atoms with E-state index in [0.29, 0.717) is 6.04 Å². The van der Waals surface area contributed by atoms with E-state index in [1.807, 2.05) is 0 Å². The molecule has 0 radical (unpaired) electrons. The van der Waals surface area contributed by atoms with E-state index in [9.17, 15) is 0 Å². The normalized spacial score (nSPS) is 24.9. The molecule has 0 spiro atoms. The Morgan fingerprint density at radius 2 is 2.24 bits per heavy atom. The first-order valence-corrected chi connectivity index (χ1v) is 7.03. The van der Waals surface area contributed by atoms with Crippen molar-refractivity contribution in [3.8, 4) is 0 Å². The number of imidazole rings is 1. The Morgan fingerprint density at radius 1 is 1.41 bits per heavy atom. The van der Waals surface area contributed by atoms with E-state index in [2.05, 4.69) is 41.8 Å². The third-order valence-corrected chi connectivity index (χ3v) is 3.91. The Balaban J connectivity index is 2.14. The van der Waals surface area contributed by atoms with Gasteiger partial charge in [-0.15, -0.1) is 0 Å². The quantitative estimate of drug-likeness (QED) is 0.861. The van der Waals surface area contributed by atoms with Crippen molar-refractivity contribution in [1.29, 1.82) is 0 Å². The highest BCUT2D eigenvalue weighted by Gasteiger charge is 2.23. The summed E-state index contributed by atoms with van der Waals surface area (Å²) in [4.78, 5) is 4.58. The summed E-state index contributed by atoms with van der Waals surface area (Å²) >= 11 is 0. The van der Waals surface area contributed by atoms with Gasteiger partial charge in [0, 0.05) is 18.8 Å². The number of nitrogens with zero attached hydrogens (tertiary/aromatic N) is 2. The molecular formula is C14H25N3. The van der Waals surface area contributed by atoms with Crippen molar-refractivity contribution in [2.45, 2.75) is 58.9 Å². The molecule has 1 aliphatic rings. The summed E-state index contributed by atoms with van der Waals surface area (Å²) in [5.41, 5.74) is 1.12. The summed E-state index contributed by atoms with van der Waals surface area (Å²) in [7, 11) is 0. The molecule has 2 atom stereocenters. The van der Waals surface area contributed by atoms with Crippen LogP contribution in [0, 0.1) is 12.8 Å². The van der Waals surface area contributed by atoms with Crippen molar-refractivity contribution in [2.75, 3.05) is 11.9 Å². The van der Waals surface area contributed by atoms with E-state index in [0.717, 1.165) is 24.1 Å². The lowest BCUT2D eigenvalue weighted by atomic mass is 9.84. The first-order valence-electron chi connectivity index (χ1n) is 7.03. The third kappa shape index (κ3) is 2.82. The van der Waals surface area contributed by atoms with E-state index in [1.165, 1.54) is 32.1 Å². The zero-order valence-electron chi connectivity index (χ0n) is 11.4. The Hall–Kier alpha value is -0.990. The second kappa shape index (κ2) is 5.56. The van der Waals surface area contributed by atoms with Crippen molar-refractivity contribution in [1.82, 2.24) is 9.55 Å². The van der Waals surface area contributed by atoms with Crippen LogP contribution in [0.15, 0.2) is 6.20 Å². The van der Waals surface area contributed by atoms with Gasteiger partial charge >= 0.3 is 0 Å². The maximum atomic E-state index is 4.58. The highest BCUT2D eigenvalue weighted by Crippen LogP contribution is 2.35. The lowest BCUT2D eigenvalue weighted by Gasteiger charge is -2.30. The first-order chi connectivity index (χ1) is 8.24. The Kier molecular flexibility index (Phi) is 4.08. The fourth-order valence-corrected chi connectivity index (χ4v) is 2.97. The van der Waals surface area contributed by atoms with Crippen LogP contribution < -0.4 is 5.32 Å². The minimum absolute atomic E-state index is 0.656. The Morgan fingerprint density at radius 3 is 2.94 bits per heavy atom. The Labute approximate surface area is 105 Å². The van der Waals surface area contributed by atoms with Crippen LogP contribution in [0.25, 0.3) is 0 Å². The molecule has 1 heterocycles. The molecule has 17 heavy (non-hydrogen) atoms. The maximum Gasteiger partial charge on any atom is 0.203 e. The van der Waals surface area contributed by atoms with Crippen molar-refractivity contribution in [3.63, 3.8) is 0 Å². The van der Waals surface area contributed by atoms with Crippen LogP contribution in [0.2, 0.25) is 0 Å². The van der Waals surface area contributed by atoms with Gasteiger partial charge in [-0.25, -0.2) is 4.98 Å². The van der Waals surface area contributed by atoms with Crippen LogP contribution in [0.3, 0.4) is 0 Å². The zero-order chi connectivity index (χ0) is 12.3. The second-order valence-electron chi connectivity index (χ2n) is 5.24. The van der Waals surface area contributed by atoms with Crippen molar-refractivity contribution in [2.24, 2.45) is 5.92 Å². The van der Waals surface area contributed by atoms with Gasteiger partial charge in [0.05, 0.1) is 5.69 Å². The minimum atomic E-state index is 0.656. The van der Waals surface area contributed by atoms with Gasteiger partial charge in [0.15, 0.2) is 0 Å². The topological polar surface area (TPSA) is 29.9 Å². The lowest BCUT2D eigenvalue weighted by Crippen LogP contribution is -2.20. The summed E-state index contributed by atoms with van der Waals surface area (Å²) in [6.45, 7) is 7.47. The Bertz CT molecular complexity index is 356. The molecule has 0 amide bonds. The second-order valence-corrected chi connectivity index (χ2v) is 5.24. The largest absolute Gasteiger partial charge is 0.356 e. The fraction of sp³-hybridized carbons (Fsp3) is 0.786. The summed E-state index contributed by atoms with van der Waals surface area (Å²) in [6, 6.07) is 0.656. The fourth-order valence-electron chi connectivity index (χ4n) is 2.97. The average Bonchev–Trinajstić information content (AvgIpc) is 2.71. The summed E-state index contributed by atoms with van der Waals surface area (Å²) in [5, 5.41) is 3.38. The van der Waals surface area contributed by atoms with Crippen LogP contribution in [-0.4, -0.2) is 16.1 Å². The van der Waals surface area contributed by atoms with Crippen LogP contribution >= 0.6 is 0 Å². The minimum Gasteiger partial charge on any atom is -0.356 e. The summed E-state index contributed by atoms with van der Waals surface area (Å²) in [5.74, 6) is 1.97. The number of anilines is 1. The monoisotopic (exact) mass is 235 g/mol. The smallest absolute Gasteiger partial charge is 0.203 e. The maximum absolute atomic E-state index is 4.58. The molecule has 0 bridgehead atoms. The number of aryl methyl sites for hydroxylation is 1. The van der Waals surface area contributed by atoms with E-state index >= 15 is 0 Å². The van der Waals surface area contributed by atoms with Gasteiger partial charge in [-0.2, -0.15) is 0 Å². The molecule has 1 N–H and O–H groups in total. The molecule has 2 unspecified atom stereocenters. The SMILES string of the molecule is CCNc1nc(C)cn1C1CCCC(CC)C1. The summed E-state index contributed by atoms with van der Waals surface area (Å²) in [6.07, 6.45) is 8.94. The van der Waals surface area contributed by atoms with Crippen molar-refractivity contribution < 1.29 is 0 Å². The van der Waals surface area contributed by atoms with Crippen LogP contribution in [-0.2, 0) is 0 Å². The van der Waals surface area contributed by atoms with Crippen LogP contribution in [0.5, 0.6) is 0 Å². The molecule has 3 heteroatoms.